The van der Waals surface area contributed by atoms with E-state index in [1.165, 1.54) is 0 Å². The van der Waals surface area contributed by atoms with Crippen molar-refractivity contribution in [2.24, 2.45) is 0 Å². The second-order valence-electron chi connectivity index (χ2n) is 3.22. The van der Waals surface area contributed by atoms with E-state index in [4.69, 9.17) is 4.74 Å². The number of rotatable bonds is 8. The van der Waals surface area contributed by atoms with Crippen LogP contribution in [0.5, 0.6) is 0 Å². The summed E-state index contributed by atoms with van der Waals surface area (Å²) in [4.78, 5) is 4.36. The zero-order valence-electron chi connectivity index (χ0n) is 9.16. The molecular weight excluding hydrogens is 208 g/mol. The molecule has 0 unspecified atom stereocenters. The van der Waals surface area contributed by atoms with E-state index in [2.05, 4.69) is 22.3 Å². The van der Waals surface area contributed by atoms with E-state index in [9.17, 15) is 0 Å². The molecule has 0 radical (unpaired) electrons. The predicted octanol–water partition coefficient (Wildman–Crippen LogP) is 2.13. The van der Waals surface area contributed by atoms with E-state index >= 15 is 0 Å². The van der Waals surface area contributed by atoms with E-state index in [1.807, 2.05) is 13.0 Å². The molecule has 0 amide bonds. The summed E-state index contributed by atoms with van der Waals surface area (Å²) in [5, 5.41) is 6.49. The number of ether oxygens (including phenoxy) is 1. The van der Waals surface area contributed by atoms with Crippen molar-refractivity contribution in [2.45, 2.75) is 19.9 Å². The average Bonchev–Trinajstić information content (AvgIpc) is 2.63. The number of nitrogens with zero attached hydrogens (tertiary/aromatic N) is 1. The van der Waals surface area contributed by atoms with Crippen LogP contribution in [-0.2, 0) is 11.3 Å². The van der Waals surface area contributed by atoms with Gasteiger partial charge in [-0.25, -0.2) is 4.98 Å². The van der Waals surface area contributed by atoms with E-state index in [-0.39, 0.29) is 0 Å². The molecule has 0 spiro atoms. The normalized spacial score (nSPS) is 10.5. The molecule has 0 saturated carbocycles. The molecule has 84 valence electrons. The van der Waals surface area contributed by atoms with Crippen LogP contribution in [0.4, 0.5) is 0 Å². The van der Waals surface area contributed by atoms with Crippen LogP contribution in [0.1, 0.15) is 17.1 Å². The van der Waals surface area contributed by atoms with Gasteiger partial charge in [-0.05, 0) is 13.3 Å². The standard InChI is InChI=1S/C11H18N2OS/c1-3-4-6-14-7-5-12-8-11-9-15-10(2)13-11/h3,9,12H,1,4-8H2,2H3. The number of hydrogen-bond donors (Lipinski definition) is 1. The van der Waals surface area contributed by atoms with E-state index in [0.29, 0.717) is 0 Å². The SMILES string of the molecule is C=CCCOCCNCc1csc(C)n1. The lowest BCUT2D eigenvalue weighted by Gasteiger charge is -2.03. The van der Waals surface area contributed by atoms with Gasteiger partial charge in [0.1, 0.15) is 0 Å². The highest BCUT2D eigenvalue weighted by Gasteiger charge is 1.96. The average molecular weight is 226 g/mol. The number of aryl methyl sites for hydroxylation is 1. The molecule has 0 saturated heterocycles. The van der Waals surface area contributed by atoms with Crippen LogP contribution in [0.25, 0.3) is 0 Å². The first kappa shape index (κ1) is 12.4. The molecule has 1 aromatic rings. The molecule has 0 atom stereocenters. The van der Waals surface area contributed by atoms with Crippen LogP contribution in [0.15, 0.2) is 18.0 Å². The van der Waals surface area contributed by atoms with Gasteiger partial charge in [-0.1, -0.05) is 6.08 Å². The molecule has 4 heteroatoms. The van der Waals surface area contributed by atoms with Crippen molar-refractivity contribution in [1.82, 2.24) is 10.3 Å². The van der Waals surface area contributed by atoms with Crippen LogP contribution in [0, 0.1) is 6.92 Å². The second kappa shape index (κ2) is 7.56. The molecular formula is C11H18N2OS. The monoisotopic (exact) mass is 226 g/mol. The maximum absolute atomic E-state index is 5.37. The fraction of sp³-hybridized carbons (Fsp3) is 0.545. The molecule has 1 N–H and O–H groups in total. The fourth-order valence-corrected chi connectivity index (χ4v) is 1.73. The van der Waals surface area contributed by atoms with Crippen molar-refractivity contribution in [1.29, 1.82) is 0 Å². The Hall–Kier alpha value is -0.710. The highest BCUT2D eigenvalue weighted by atomic mass is 32.1. The summed E-state index contributed by atoms with van der Waals surface area (Å²) >= 11 is 1.69. The molecule has 15 heavy (non-hydrogen) atoms. The van der Waals surface area contributed by atoms with E-state index in [0.717, 1.165) is 43.4 Å². The van der Waals surface area contributed by atoms with E-state index in [1.54, 1.807) is 11.3 Å². The number of nitrogens with one attached hydrogen (secondary N) is 1. The summed E-state index contributed by atoms with van der Waals surface area (Å²) in [7, 11) is 0. The number of hydrogen-bond acceptors (Lipinski definition) is 4. The maximum atomic E-state index is 5.37. The van der Waals surface area contributed by atoms with Gasteiger partial charge >= 0.3 is 0 Å². The predicted molar refractivity (Wildman–Crippen MR) is 64.2 cm³/mol. The Balaban J connectivity index is 1.95. The minimum Gasteiger partial charge on any atom is -0.380 e. The van der Waals surface area contributed by atoms with Crippen molar-refractivity contribution < 1.29 is 4.74 Å². The quantitative estimate of drug-likeness (QED) is 0.544. The van der Waals surface area contributed by atoms with Gasteiger partial charge in [0.25, 0.3) is 0 Å². The third-order valence-corrected chi connectivity index (χ3v) is 2.68. The highest BCUT2D eigenvalue weighted by Crippen LogP contribution is 2.06. The Labute approximate surface area is 95.2 Å². The highest BCUT2D eigenvalue weighted by molar-refractivity contribution is 7.09. The van der Waals surface area contributed by atoms with Crippen LogP contribution in [0.2, 0.25) is 0 Å². The smallest absolute Gasteiger partial charge is 0.0897 e. The van der Waals surface area contributed by atoms with Crippen molar-refractivity contribution in [3.63, 3.8) is 0 Å². The molecule has 0 aliphatic carbocycles. The van der Waals surface area contributed by atoms with E-state index < -0.39 is 0 Å². The van der Waals surface area contributed by atoms with Crippen molar-refractivity contribution in [3.8, 4) is 0 Å². The van der Waals surface area contributed by atoms with Gasteiger partial charge in [0.15, 0.2) is 0 Å². The summed E-state index contributed by atoms with van der Waals surface area (Å²) in [6.45, 7) is 8.86. The largest absolute Gasteiger partial charge is 0.380 e. The number of thiazole rings is 1. The first-order valence-corrected chi connectivity index (χ1v) is 6.01. The lowest BCUT2D eigenvalue weighted by atomic mass is 10.4. The lowest BCUT2D eigenvalue weighted by molar-refractivity contribution is 0.140. The van der Waals surface area contributed by atoms with Gasteiger partial charge < -0.3 is 10.1 Å². The molecule has 0 bridgehead atoms. The molecule has 0 aromatic carbocycles. The van der Waals surface area contributed by atoms with Gasteiger partial charge in [-0.3, -0.25) is 0 Å². The molecule has 0 aliphatic rings. The summed E-state index contributed by atoms with van der Waals surface area (Å²) in [6.07, 6.45) is 2.79. The molecule has 1 aromatic heterocycles. The summed E-state index contributed by atoms with van der Waals surface area (Å²) in [6, 6.07) is 0. The fourth-order valence-electron chi connectivity index (χ4n) is 1.12. The van der Waals surface area contributed by atoms with Crippen LogP contribution in [0.3, 0.4) is 0 Å². The van der Waals surface area contributed by atoms with Crippen LogP contribution >= 0.6 is 11.3 Å². The summed E-state index contributed by atoms with van der Waals surface area (Å²) in [5.74, 6) is 0. The topological polar surface area (TPSA) is 34.1 Å². The van der Waals surface area contributed by atoms with Gasteiger partial charge in [0.2, 0.25) is 0 Å². The van der Waals surface area contributed by atoms with Gasteiger partial charge in [-0.2, -0.15) is 0 Å². The lowest BCUT2D eigenvalue weighted by Crippen LogP contribution is -2.19. The molecule has 0 aliphatic heterocycles. The molecule has 0 fully saturated rings. The third-order valence-electron chi connectivity index (χ3n) is 1.86. The first-order chi connectivity index (χ1) is 7.33. The summed E-state index contributed by atoms with van der Waals surface area (Å²) in [5.41, 5.74) is 1.11. The van der Waals surface area contributed by atoms with Crippen molar-refractivity contribution in [2.75, 3.05) is 19.8 Å². The first-order valence-electron chi connectivity index (χ1n) is 5.13. The minimum atomic E-state index is 0.747. The third kappa shape index (κ3) is 5.67. The van der Waals surface area contributed by atoms with Crippen LogP contribution < -0.4 is 5.32 Å². The molecule has 1 heterocycles. The number of aromatic nitrogens is 1. The maximum Gasteiger partial charge on any atom is 0.0897 e. The Bertz CT molecular complexity index is 286. The van der Waals surface area contributed by atoms with Crippen molar-refractivity contribution >= 4 is 11.3 Å². The Morgan fingerprint density at radius 1 is 1.60 bits per heavy atom. The second-order valence-corrected chi connectivity index (χ2v) is 4.29. The summed E-state index contributed by atoms with van der Waals surface area (Å²) < 4.78 is 5.37. The zero-order valence-corrected chi connectivity index (χ0v) is 9.98. The molecule has 1 rings (SSSR count). The van der Waals surface area contributed by atoms with Gasteiger partial charge in [-0.15, -0.1) is 17.9 Å². The van der Waals surface area contributed by atoms with Gasteiger partial charge in [0, 0.05) is 18.5 Å². The Morgan fingerprint density at radius 2 is 2.47 bits per heavy atom. The van der Waals surface area contributed by atoms with Gasteiger partial charge in [0.05, 0.1) is 23.9 Å². The Morgan fingerprint density at radius 3 is 3.13 bits per heavy atom. The van der Waals surface area contributed by atoms with Crippen molar-refractivity contribution in [3.05, 3.63) is 28.7 Å². The Kier molecular flexibility index (Phi) is 6.23. The minimum absolute atomic E-state index is 0.747. The molecule has 3 nitrogen and oxygen atoms in total. The van der Waals surface area contributed by atoms with Crippen LogP contribution in [-0.4, -0.2) is 24.7 Å². The zero-order chi connectivity index (χ0) is 10.9.